The molecule has 0 fully saturated rings. The van der Waals surface area contributed by atoms with Gasteiger partial charge in [-0.2, -0.15) is 0 Å². The zero-order valence-electron chi connectivity index (χ0n) is 12.4. The molecular weight excluding hydrogens is 304 g/mol. The van der Waals surface area contributed by atoms with E-state index in [2.05, 4.69) is 23.9 Å². The van der Waals surface area contributed by atoms with Crippen LogP contribution in [0.15, 0.2) is 40.6 Å². The highest BCUT2D eigenvalue weighted by Gasteiger charge is 2.16. The van der Waals surface area contributed by atoms with Crippen LogP contribution in [-0.2, 0) is 16.6 Å². The van der Waals surface area contributed by atoms with Crippen LogP contribution in [0.2, 0.25) is 0 Å². The quantitative estimate of drug-likeness (QED) is 0.856. The van der Waals surface area contributed by atoms with Crippen molar-refractivity contribution in [1.29, 1.82) is 0 Å². The first-order valence-electron chi connectivity index (χ1n) is 6.77. The number of hydrogen-bond donors (Lipinski definition) is 2. The zero-order valence-corrected chi connectivity index (χ0v) is 14.0. The van der Waals surface area contributed by atoms with Gasteiger partial charge in [-0.05, 0) is 36.7 Å². The SMILES string of the molecule is CNCc1cc(S(=O)(=O)Nc2ccc(C(C)C)cc2)cs1. The van der Waals surface area contributed by atoms with Gasteiger partial charge in [-0.15, -0.1) is 11.3 Å². The van der Waals surface area contributed by atoms with Gasteiger partial charge in [-0.25, -0.2) is 8.42 Å². The van der Waals surface area contributed by atoms with Gasteiger partial charge in [0.1, 0.15) is 0 Å². The third-order valence-electron chi connectivity index (χ3n) is 3.12. The van der Waals surface area contributed by atoms with E-state index in [4.69, 9.17) is 0 Å². The Morgan fingerprint density at radius 1 is 1.19 bits per heavy atom. The lowest BCUT2D eigenvalue weighted by Gasteiger charge is -2.09. The summed E-state index contributed by atoms with van der Waals surface area (Å²) in [7, 11) is -1.68. The van der Waals surface area contributed by atoms with Crippen LogP contribution in [0.3, 0.4) is 0 Å². The first-order valence-corrected chi connectivity index (χ1v) is 9.13. The molecule has 4 nitrogen and oxygen atoms in total. The Kier molecular flexibility index (Phi) is 5.03. The molecule has 0 saturated heterocycles. The third-order valence-corrected chi connectivity index (χ3v) is 5.57. The molecule has 0 atom stereocenters. The summed E-state index contributed by atoms with van der Waals surface area (Å²) in [6.45, 7) is 4.88. The largest absolute Gasteiger partial charge is 0.315 e. The van der Waals surface area contributed by atoms with Gasteiger partial charge in [0.25, 0.3) is 10.0 Å². The summed E-state index contributed by atoms with van der Waals surface area (Å²) in [5.74, 6) is 0.427. The van der Waals surface area contributed by atoms with Crippen LogP contribution in [0.25, 0.3) is 0 Å². The predicted octanol–water partition coefficient (Wildman–Crippen LogP) is 3.39. The van der Waals surface area contributed by atoms with Gasteiger partial charge < -0.3 is 5.32 Å². The van der Waals surface area contributed by atoms with Crippen molar-refractivity contribution in [3.05, 3.63) is 46.2 Å². The molecule has 0 saturated carbocycles. The lowest BCUT2D eigenvalue weighted by Crippen LogP contribution is -2.12. The number of sulfonamides is 1. The van der Waals surface area contributed by atoms with E-state index in [9.17, 15) is 8.42 Å². The molecule has 0 amide bonds. The van der Waals surface area contributed by atoms with Crippen LogP contribution in [0.4, 0.5) is 5.69 Å². The van der Waals surface area contributed by atoms with Crippen molar-refractivity contribution in [2.24, 2.45) is 0 Å². The van der Waals surface area contributed by atoms with Crippen LogP contribution < -0.4 is 10.0 Å². The molecule has 1 aromatic heterocycles. The second kappa shape index (κ2) is 6.60. The fourth-order valence-electron chi connectivity index (χ4n) is 1.92. The first kappa shape index (κ1) is 16.0. The van der Waals surface area contributed by atoms with Gasteiger partial charge in [0.2, 0.25) is 0 Å². The Labute approximate surface area is 130 Å². The highest BCUT2D eigenvalue weighted by atomic mass is 32.2. The second-order valence-corrected chi connectivity index (χ2v) is 7.84. The lowest BCUT2D eigenvalue weighted by molar-refractivity contribution is 0.601. The van der Waals surface area contributed by atoms with Crippen LogP contribution in [0.1, 0.15) is 30.2 Å². The number of anilines is 1. The second-order valence-electron chi connectivity index (χ2n) is 5.16. The monoisotopic (exact) mass is 324 g/mol. The van der Waals surface area contributed by atoms with E-state index >= 15 is 0 Å². The van der Waals surface area contributed by atoms with E-state index in [1.807, 2.05) is 19.2 Å². The molecule has 0 radical (unpaired) electrons. The maximum Gasteiger partial charge on any atom is 0.262 e. The zero-order chi connectivity index (χ0) is 15.5. The molecule has 2 aromatic rings. The van der Waals surface area contributed by atoms with Gasteiger partial charge in [0, 0.05) is 22.5 Å². The van der Waals surface area contributed by atoms with Crippen molar-refractivity contribution in [3.8, 4) is 0 Å². The molecular formula is C15H20N2O2S2. The van der Waals surface area contributed by atoms with E-state index in [1.54, 1.807) is 23.6 Å². The smallest absolute Gasteiger partial charge is 0.262 e. The van der Waals surface area contributed by atoms with Crippen molar-refractivity contribution in [1.82, 2.24) is 5.32 Å². The van der Waals surface area contributed by atoms with Crippen LogP contribution in [0.5, 0.6) is 0 Å². The highest BCUT2D eigenvalue weighted by molar-refractivity contribution is 7.92. The van der Waals surface area contributed by atoms with Crippen molar-refractivity contribution in [2.45, 2.75) is 31.2 Å². The maximum absolute atomic E-state index is 12.3. The first-order chi connectivity index (χ1) is 9.92. The van der Waals surface area contributed by atoms with Crippen molar-refractivity contribution in [3.63, 3.8) is 0 Å². The molecule has 1 heterocycles. The predicted molar refractivity (Wildman–Crippen MR) is 88.4 cm³/mol. The minimum absolute atomic E-state index is 0.311. The molecule has 114 valence electrons. The molecule has 0 bridgehead atoms. The van der Waals surface area contributed by atoms with E-state index in [1.165, 1.54) is 16.9 Å². The Morgan fingerprint density at radius 2 is 1.86 bits per heavy atom. The van der Waals surface area contributed by atoms with E-state index in [0.29, 0.717) is 23.0 Å². The van der Waals surface area contributed by atoms with Crippen molar-refractivity contribution >= 4 is 27.0 Å². The lowest BCUT2D eigenvalue weighted by atomic mass is 10.0. The summed E-state index contributed by atoms with van der Waals surface area (Å²) in [5, 5.41) is 4.67. The van der Waals surface area contributed by atoms with Crippen molar-refractivity contribution in [2.75, 3.05) is 11.8 Å². The van der Waals surface area contributed by atoms with Gasteiger partial charge in [-0.3, -0.25) is 4.72 Å². The molecule has 21 heavy (non-hydrogen) atoms. The number of thiophene rings is 1. The summed E-state index contributed by atoms with van der Waals surface area (Å²) in [6.07, 6.45) is 0. The van der Waals surface area contributed by atoms with Gasteiger partial charge >= 0.3 is 0 Å². The molecule has 0 unspecified atom stereocenters. The standard InChI is InChI=1S/C15H20N2O2S2/c1-11(2)12-4-6-13(7-5-12)17-21(18,19)15-8-14(9-16-3)20-10-15/h4-8,10-11,16-17H,9H2,1-3H3. The minimum Gasteiger partial charge on any atom is -0.315 e. The van der Waals surface area contributed by atoms with Gasteiger partial charge in [-0.1, -0.05) is 26.0 Å². The fraction of sp³-hybridized carbons (Fsp3) is 0.333. The number of rotatable bonds is 6. The molecule has 0 spiro atoms. The minimum atomic E-state index is -3.51. The molecule has 2 rings (SSSR count). The number of benzene rings is 1. The number of hydrogen-bond acceptors (Lipinski definition) is 4. The van der Waals surface area contributed by atoms with E-state index < -0.39 is 10.0 Å². The molecule has 0 aliphatic rings. The Morgan fingerprint density at radius 3 is 2.43 bits per heavy atom. The summed E-state index contributed by atoms with van der Waals surface area (Å²) >= 11 is 1.44. The van der Waals surface area contributed by atoms with Gasteiger partial charge in [0.05, 0.1) is 4.90 Å². The summed E-state index contributed by atoms with van der Waals surface area (Å²) < 4.78 is 27.2. The number of nitrogens with one attached hydrogen (secondary N) is 2. The fourth-order valence-corrected chi connectivity index (χ4v) is 4.26. The Bertz CT molecular complexity index is 689. The average molecular weight is 324 g/mol. The highest BCUT2D eigenvalue weighted by Crippen LogP contribution is 2.23. The summed E-state index contributed by atoms with van der Waals surface area (Å²) in [6, 6.07) is 9.19. The summed E-state index contributed by atoms with van der Waals surface area (Å²) in [5.41, 5.74) is 1.77. The molecule has 6 heteroatoms. The topological polar surface area (TPSA) is 58.2 Å². The third kappa shape index (κ3) is 4.06. The average Bonchev–Trinajstić information content (AvgIpc) is 2.89. The van der Waals surface area contributed by atoms with E-state index in [0.717, 1.165) is 4.88 Å². The molecule has 0 aliphatic carbocycles. The van der Waals surface area contributed by atoms with Crippen LogP contribution >= 0.6 is 11.3 Å². The molecule has 1 aromatic carbocycles. The van der Waals surface area contributed by atoms with Crippen LogP contribution in [-0.4, -0.2) is 15.5 Å². The van der Waals surface area contributed by atoms with Crippen LogP contribution in [0, 0.1) is 0 Å². The normalized spacial score (nSPS) is 11.8. The molecule has 0 aliphatic heterocycles. The Balaban J connectivity index is 2.16. The van der Waals surface area contributed by atoms with E-state index in [-0.39, 0.29) is 0 Å². The maximum atomic E-state index is 12.3. The van der Waals surface area contributed by atoms with Gasteiger partial charge in [0.15, 0.2) is 0 Å². The Hall–Kier alpha value is -1.37. The van der Waals surface area contributed by atoms with Crippen molar-refractivity contribution < 1.29 is 8.42 Å². The summed E-state index contributed by atoms with van der Waals surface area (Å²) in [4.78, 5) is 1.30. The molecule has 2 N–H and O–H groups in total.